The quantitative estimate of drug-likeness (QED) is 0.806. The summed E-state index contributed by atoms with van der Waals surface area (Å²) in [7, 11) is 3.33. The molecule has 0 radical (unpaired) electrons. The van der Waals surface area contributed by atoms with Crippen LogP contribution < -0.4 is 10.1 Å². The van der Waals surface area contributed by atoms with Crippen molar-refractivity contribution in [3.8, 4) is 5.75 Å². The predicted octanol–water partition coefficient (Wildman–Crippen LogP) is 2.53. The summed E-state index contributed by atoms with van der Waals surface area (Å²) in [4.78, 5) is 12.0. The maximum absolute atomic E-state index is 12.0. The molecule has 1 N–H and O–H groups in total. The first-order chi connectivity index (χ1) is 7.63. The molecular weight excluding hydrogens is 226 g/mol. The number of benzene rings is 1. The van der Waals surface area contributed by atoms with Gasteiger partial charge in [0.1, 0.15) is 5.75 Å². The molecule has 1 aromatic rings. The van der Waals surface area contributed by atoms with Gasteiger partial charge in [-0.15, -0.1) is 0 Å². The van der Waals surface area contributed by atoms with Gasteiger partial charge in [0.15, 0.2) is 5.78 Å². The molecule has 0 aliphatic heterocycles. The standard InChI is InChI=1S/C12H16ClNO2/c1-4-11(14-2)12(15)9-6-5-8(16-3)7-10(9)13/h5-7,11,14H,4H2,1-3H3. The third-order valence-electron chi connectivity index (χ3n) is 2.51. The highest BCUT2D eigenvalue weighted by molar-refractivity contribution is 6.34. The average Bonchev–Trinajstić information content (AvgIpc) is 2.30. The number of rotatable bonds is 5. The number of halogens is 1. The largest absolute Gasteiger partial charge is 0.497 e. The minimum Gasteiger partial charge on any atom is -0.497 e. The van der Waals surface area contributed by atoms with E-state index in [9.17, 15) is 4.79 Å². The number of nitrogens with one attached hydrogen (secondary N) is 1. The van der Waals surface area contributed by atoms with Crippen LogP contribution in [0.15, 0.2) is 18.2 Å². The zero-order chi connectivity index (χ0) is 12.1. The van der Waals surface area contributed by atoms with E-state index in [2.05, 4.69) is 5.32 Å². The predicted molar refractivity (Wildman–Crippen MR) is 65.5 cm³/mol. The van der Waals surface area contributed by atoms with Crippen molar-refractivity contribution in [2.75, 3.05) is 14.2 Å². The molecule has 0 spiro atoms. The lowest BCUT2D eigenvalue weighted by molar-refractivity contribution is 0.0945. The van der Waals surface area contributed by atoms with Crippen molar-refractivity contribution >= 4 is 17.4 Å². The summed E-state index contributed by atoms with van der Waals surface area (Å²) >= 11 is 6.03. The topological polar surface area (TPSA) is 38.3 Å². The van der Waals surface area contributed by atoms with Gasteiger partial charge >= 0.3 is 0 Å². The SMILES string of the molecule is CCC(NC)C(=O)c1ccc(OC)cc1Cl. The molecule has 4 heteroatoms. The summed E-state index contributed by atoms with van der Waals surface area (Å²) in [5.41, 5.74) is 0.531. The molecule has 16 heavy (non-hydrogen) atoms. The first kappa shape index (κ1) is 13.0. The summed E-state index contributed by atoms with van der Waals surface area (Å²) in [6, 6.07) is 4.90. The Kier molecular flexibility index (Phi) is 4.77. The Labute approximate surface area is 101 Å². The van der Waals surface area contributed by atoms with Gasteiger partial charge in [-0.3, -0.25) is 4.79 Å². The number of Topliss-reactive ketones (excluding diaryl/α,β-unsaturated/α-hetero) is 1. The number of ketones is 1. The van der Waals surface area contributed by atoms with Gasteiger partial charge in [0.25, 0.3) is 0 Å². The molecular formula is C12H16ClNO2. The lowest BCUT2D eigenvalue weighted by Crippen LogP contribution is -2.33. The van der Waals surface area contributed by atoms with E-state index in [0.29, 0.717) is 16.3 Å². The Balaban J connectivity index is 3.00. The van der Waals surface area contributed by atoms with Crippen LogP contribution in [0, 0.1) is 0 Å². The normalized spacial score (nSPS) is 12.2. The molecule has 0 saturated heterocycles. The maximum Gasteiger partial charge on any atom is 0.181 e. The fourth-order valence-corrected chi connectivity index (χ4v) is 1.79. The number of carbonyl (C=O) groups excluding carboxylic acids is 1. The monoisotopic (exact) mass is 241 g/mol. The molecule has 0 saturated carbocycles. The molecule has 0 fully saturated rings. The van der Waals surface area contributed by atoms with E-state index < -0.39 is 0 Å². The summed E-state index contributed by atoms with van der Waals surface area (Å²) in [6.07, 6.45) is 0.734. The van der Waals surface area contributed by atoms with Gasteiger partial charge in [0.05, 0.1) is 18.2 Å². The van der Waals surface area contributed by atoms with Crippen LogP contribution >= 0.6 is 11.6 Å². The van der Waals surface area contributed by atoms with Crippen molar-refractivity contribution in [1.82, 2.24) is 5.32 Å². The highest BCUT2D eigenvalue weighted by Crippen LogP contribution is 2.23. The van der Waals surface area contributed by atoms with Crippen LogP contribution in [0.3, 0.4) is 0 Å². The number of likely N-dealkylation sites (N-methyl/N-ethyl adjacent to an activating group) is 1. The van der Waals surface area contributed by atoms with E-state index in [1.54, 1.807) is 32.4 Å². The number of hydrogen-bond acceptors (Lipinski definition) is 3. The molecule has 0 aliphatic carbocycles. The van der Waals surface area contributed by atoms with Crippen molar-refractivity contribution < 1.29 is 9.53 Å². The van der Waals surface area contributed by atoms with Gasteiger partial charge in [-0.25, -0.2) is 0 Å². The molecule has 0 aromatic heterocycles. The van der Waals surface area contributed by atoms with Crippen LogP contribution in [-0.4, -0.2) is 26.0 Å². The second kappa shape index (κ2) is 5.87. The van der Waals surface area contributed by atoms with E-state index in [1.165, 1.54) is 0 Å². The minimum atomic E-state index is -0.189. The highest BCUT2D eigenvalue weighted by atomic mass is 35.5. The van der Waals surface area contributed by atoms with Crippen LogP contribution in [0.2, 0.25) is 5.02 Å². The van der Waals surface area contributed by atoms with Crippen molar-refractivity contribution in [2.24, 2.45) is 0 Å². The fourth-order valence-electron chi connectivity index (χ4n) is 1.53. The zero-order valence-corrected chi connectivity index (χ0v) is 10.5. The van der Waals surface area contributed by atoms with E-state index in [-0.39, 0.29) is 11.8 Å². The van der Waals surface area contributed by atoms with Gasteiger partial charge in [-0.1, -0.05) is 18.5 Å². The Morgan fingerprint density at radius 3 is 2.69 bits per heavy atom. The second-order valence-corrected chi connectivity index (χ2v) is 3.87. The fraction of sp³-hybridized carbons (Fsp3) is 0.417. The second-order valence-electron chi connectivity index (χ2n) is 3.46. The molecule has 0 bridgehead atoms. The lowest BCUT2D eigenvalue weighted by Gasteiger charge is -2.13. The number of ether oxygens (including phenoxy) is 1. The molecule has 0 heterocycles. The molecule has 88 valence electrons. The van der Waals surface area contributed by atoms with Gasteiger partial charge in [0, 0.05) is 5.56 Å². The molecule has 0 aliphatic rings. The molecule has 1 rings (SSSR count). The molecule has 1 aromatic carbocycles. The zero-order valence-electron chi connectivity index (χ0n) is 9.71. The highest BCUT2D eigenvalue weighted by Gasteiger charge is 2.18. The van der Waals surface area contributed by atoms with Crippen LogP contribution in [0.25, 0.3) is 0 Å². The Bertz CT molecular complexity index is 375. The van der Waals surface area contributed by atoms with Crippen LogP contribution in [0.1, 0.15) is 23.7 Å². The molecule has 1 atom stereocenters. The van der Waals surface area contributed by atoms with E-state index in [0.717, 1.165) is 6.42 Å². The Morgan fingerprint density at radius 1 is 1.56 bits per heavy atom. The van der Waals surface area contributed by atoms with Crippen LogP contribution in [0.4, 0.5) is 0 Å². The van der Waals surface area contributed by atoms with Crippen LogP contribution in [0.5, 0.6) is 5.75 Å². The number of hydrogen-bond donors (Lipinski definition) is 1. The summed E-state index contributed by atoms with van der Waals surface area (Å²) < 4.78 is 5.03. The summed E-state index contributed by atoms with van der Waals surface area (Å²) in [6.45, 7) is 1.95. The maximum atomic E-state index is 12.0. The first-order valence-corrected chi connectivity index (χ1v) is 5.56. The van der Waals surface area contributed by atoms with Crippen molar-refractivity contribution in [1.29, 1.82) is 0 Å². The van der Waals surface area contributed by atoms with E-state index >= 15 is 0 Å². The molecule has 3 nitrogen and oxygen atoms in total. The van der Waals surface area contributed by atoms with E-state index in [1.807, 2.05) is 6.92 Å². The van der Waals surface area contributed by atoms with E-state index in [4.69, 9.17) is 16.3 Å². The summed E-state index contributed by atoms with van der Waals surface area (Å²) in [5, 5.41) is 3.40. The van der Waals surface area contributed by atoms with Gasteiger partial charge < -0.3 is 10.1 Å². The van der Waals surface area contributed by atoms with Crippen molar-refractivity contribution in [3.05, 3.63) is 28.8 Å². The minimum absolute atomic E-state index is 0.0117. The molecule has 1 unspecified atom stereocenters. The van der Waals surface area contributed by atoms with Crippen molar-refractivity contribution in [3.63, 3.8) is 0 Å². The summed E-state index contributed by atoms with van der Waals surface area (Å²) in [5.74, 6) is 0.664. The number of methoxy groups -OCH3 is 1. The molecule has 0 amide bonds. The third kappa shape index (κ3) is 2.74. The lowest BCUT2D eigenvalue weighted by atomic mass is 10.0. The first-order valence-electron chi connectivity index (χ1n) is 5.19. The van der Waals surface area contributed by atoms with Gasteiger partial charge in [-0.05, 0) is 31.7 Å². The van der Waals surface area contributed by atoms with Gasteiger partial charge in [-0.2, -0.15) is 0 Å². The van der Waals surface area contributed by atoms with Crippen molar-refractivity contribution in [2.45, 2.75) is 19.4 Å². The Hall–Kier alpha value is -1.06. The smallest absolute Gasteiger partial charge is 0.181 e. The van der Waals surface area contributed by atoms with Gasteiger partial charge in [0.2, 0.25) is 0 Å². The number of carbonyl (C=O) groups is 1. The Morgan fingerprint density at radius 2 is 2.25 bits per heavy atom. The average molecular weight is 242 g/mol. The van der Waals surface area contributed by atoms with Crippen LogP contribution in [-0.2, 0) is 0 Å². The third-order valence-corrected chi connectivity index (χ3v) is 2.83.